The molecule has 0 bridgehead atoms. The van der Waals surface area contributed by atoms with E-state index < -0.39 is 5.60 Å². The highest BCUT2D eigenvalue weighted by Crippen LogP contribution is 2.39. The first-order valence-corrected chi connectivity index (χ1v) is 5.27. The molecule has 0 aromatic carbocycles. The van der Waals surface area contributed by atoms with Crippen molar-refractivity contribution in [3.05, 3.63) is 11.8 Å². The molecule has 2 aliphatic carbocycles. The van der Waals surface area contributed by atoms with Crippen LogP contribution in [0, 0.1) is 5.92 Å². The first kappa shape index (κ1) is 9.71. The van der Waals surface area contributed by atoms with E-state index in [-0.39, 0.29) is 5.78 Å². The summed E-state index contributed by atoms with van der Waals surface area (Å²) in [5.74, 6) is 0.645. The van der Waals surface area contributed by atoms with Gasteiger partial charge in [0, 0.05) is 24.7 Å². The molecule has 14 heavy (non-hydrogen) atoms. The minimum Gasteiger partial charge on any atom is -0.388 e. The van der Waals surface area contributed by atoms with Gasteiger partial charge in [0.1, 0.15) is 0 Å². The van der Waals surface area contributed by atoms with Crippen LogP contribution in [0.25, 0.3) is 0 Å². The van der Waals surface area contributed by atoms with E-state index in [1.54, 1.807) is 6.08 Å². The summed E-state index contributed by atoms with van der Waals surface area (Å²) in [4.78, 5) is 10.9. The maximum Gasteiger partial charge on any atom is 0.157 e. The standard InChI is InChI=1S/C11H17NO2/c1-11(14,8-2-3-8)7-12-9-4-5-10(13)6-9/h6,8,12,14H,2-5,7H2,1H3. The van der Waals surface area contributed by atoms with Crippen molar-refractivity contribution in [2.24, 2.45) is 5.92 Å². The third-order valence-corrected chi connectivity index (χ3v) is 3.11. The summed E-state index contributed by atoms with van der Waals surface area (Å²) in [6, 6.07) is 0. The second-order valence-corrected chi connectivity index (χ2v) is 4.62. The van der Waals surface area contributed by atoms with E-state index in [2.05, 4.69) is 5.32 Å². The highest BCUT2D eigenvalue weighted by atomic mass is 16.3. The number of hydrogen-bond donors (Lipinski definition) is 2. The van der Waals surface area contributed by atoms with Gasteiger partial charge in [0.2, 0.25) is 0 Å². The molecule has 3 nitrogen and oxygen atoms in total. The lowest BCUT2D eigenvalue weighted by Gasteiger charge is -2.24. The monoisotopic (exact) mass is 195 g/mol. The number of allylic oxidation sites excluding steroid dienone is 2. The van der Waals surface area contributed by atoms with Gasteiger partial charge >= 0.3 is 0 Å². The van der Waals surface area contributed by atoms with Crippen molar-refractivity contribution in [3.63, 3.8) is 0 Å². The van der Waals surface area contributed by atoms with Crippen LogP contribution in [0.3, 0.4) is 0 Å². The molecule has 0 aromatic rings. The molecule has 1 saturated carbocycles. The van der Waals surface area contributed by atoms with Crippen molar-refractivity contribution >= 4 is 5.78 Å². The molecule has 0 spiro atoms. The number of hydrogen-bond acceptors (Lipinski definition) is 3. The molecule has 0 radical (unpaired) electrons. The van der Waals surface area contributed by atoms with Gasteiger partial charge in [0.15, 0.2) is 5.78 Å². The maximum absolute atomic E-state index is 10.9. The van der Waals surface area contributed by atoms with Crippen LogP contribution in [0.15, 0.2) is 11.8 Å². The quantitative estimate of drug-likeness (QED) is 0.703. The minimum absolute atomic E-state index is 0.193. The lowest BCUT2D eigenvalue weighted by atomic mass is 10.0. The Morgan fingerprint density at radius 1 is 1.57 bits per heavy atom. The predicted molar refractivity (Wildman–Crippen MR) is 53.7 cm³/mol. The lowest BCUT2D eigenvalue weighted by molar-refractivity contribution is -0.114. The van der Waals surface area contributed by atoms with E-state index in [0.29, 0.717) is 18.9 Å². The number of ketones is 1. The highest BCUT2D eigenvalue weighted by molar-refractivity contribution is 5.92. The summed E-state index contributed by atoms with van der Waals surface area (Å²) in [5, 5.41) is 13.2. The predicted octanol–water partition coefficient (Wildman–Crippen LogP) is 0.984. The first-order valence-electron chi connectivity index (χ1n) is 5.27. The van der Waals surface area contributed by atoms with E-state index in [4.69, 9.17) is 0 Å². The van der Waals surface area contributed by atoms with Crippen LogP contribution >= 0.6 is 0 Å². The van der Waals surface area contributed by atoms with Crippen LogP contribution in [-0.4, -0.2) is 23.0 Å². The molecule has 2 rings (SSSR count). The lowest BCUT2D eigenvalue weighted by Crippen LogP contribution is -2.39. The number of aliphatic hydroxyl groups is 1. The molecule has 0 aromatic heterocycles. The second-order valence-electron chi connectivity index (χ2n) is 4.62. The minimum atomic E-state index is -0.605. The Hall–Kier alpha value is -0.830. The summed E-state index contributed by atoms with van der Waals surface area (Å²) in [6.45, 7) is 2.44. The highest BCUT2D eigenvalue weighted by Gasteiger charge is 2.39. The zero-order valence-electron chi connectivity index (χ0n) is 8.55. The van der Waals surface area contributed by atoms with Crippen molar-refractivity contribution in [1.82, 2.24) is 5.32 Å². The summed E-state index contributed by atoms with van der Waals surface area (Å²) < 4.78 is 0. The Morgan fingerprint density at radius 2 is 2.29 bits per heavy atom. The largest absolute Gasteiger partial charge is 0.388 e. The Labute approximate surface area is 84.2 Å². The molecular formula is C11H17NO2. The Morgan fingerprint density at radius 3 is 2.79 bits per heavy atom. The summed E-state index contributed by atoms with van der Waals surface area (Å²) in [5.41, 5.74) is 0.378. The number of rotatable bonds is 4. The molecule has 0 aliphatic heterocycles. The van der Waals surface area contributed by atoms with Gasteiger partial charge in [-0.05, 0) is 32.1 Å². The Balaban J connectivity index is 1.81. The van der Waals surface area contributed by atoms with Gasteiger partial charge < -0.3 is 10.4 Å². The molecule has 1 atom stereocenters. The van der Waals surface area contributed by atoms with Gasteiger partial charge in [-0.15, -0.1) is 0 Å². The topological polar surface area (TPSA) is 49.3 Å². The number of carbonyl (C=O) groups excluding carboxylic acids is 1. The average Bonchev–Trinajstić information content (AvgIpc) is 2.89. The van der Waals surface area contributed by atoms with Crippen molar-refractivity contribution in [2.45, 2.75) is 38.2 Å². The second kappa shape index (κ2) is 3.39. The molecule has 1 fully saturated rings. The molecule has 78 valence electrons. The van der Waals surface area contributed by atoms with Crippen LogP contribution in [0.2, 0.25) is 0 Å². The fourth-order valence-corrected chi connectivity index (χ4v) is 1.88. The van der Waals surface area contributed by atoms with Gasteiger partial charge in [-0.2, -0.15) is 0 Å². The zero-order chi connectivity index (χ0) is 10.2. The van der Waals surface area contributed by atoms with E-state index in [1.165, 1.54) is 0 Å². The smallest absolute Gasteiger partial charge is 0.157 e. The zero-order valence-corrected chi connectivity index (χ0v) is 8.55. The molecule has 0 saturated heterocycles. The van der Waals surface area contributed by atoms with Crippen molar-refractivity contribution in [3.8, 4) is 0 Å². The van der Waals surface area contributed by atoms with Crippen molar-refractivity contribution < 1.29 is 9.90 Å². The fraction of sp³-hybridized carbons (Fsp3) is 0.727. The van der Waals surface area contributed by atoms with E-state index in [1.807, 2.05) is 6.92 Å². The SMILES string of the molecule is CC(O)(CNC1=CC(=O)CC1)C1CC1. The average molecular weight is 195 g/mol. The van der Waals surface area contributed by atoms with Gasteiger partial charge in [0.05, 0.1) is 5.60 Å². The van der Waals surface area contributed by atoms with E-state index in [9.17, 15) is 9.90 Å². The van der Waals surface area contributed by atoms with Crippen molar-refractivity contribution in [1.29, 1.82) is 0 Å². The summed E-state index contributed by atoms with van der Waals surface area (Å²) in [6.07, 6.45) is 5.34. The van der Waals surface area contributed by atoms with Gasteiger partial charge in [0.25, 0.3) is 0 Å². The first-order chi connectivity index (χ1) is 6.58. The van der Waals surface area contributed by atoms with E-state index >= 15 is 0 Å². The normalized spacial score (nSPS) is 25.9. The molecule has 2 aliphatic rings. The van der Waals surface area contributed by atoms with Crippen LogP contribution < -0.4 is 5.32 Å². The van der Waals surface area contributed by atoms with Crippen LogP contribution in [-0.2, 0) is 4.79 Å². The fourth-order valence-electron chi connectivity index (χ4n) is 1.88. The third-order valence-electron chi connectivity index (χ3n) is 3.11. The van der Waals surface area contributed by atoms with Gasteiger partial charge in [-0.25, -0.2) is 0 Å². The molecule has 2 N–H and O–H groups in total. The van der Waals surface area contributed by atoms with Crippen LogP contribution in [0.1, 0.15) is 32.6 Å². The molecule has 3 heteroatoms. The molecular weight excluding hydrogens is 178 g/mol. The molecule has 0 heterocycles. The Kier molecular flexibility index (Phi) is 2.35. The number of nitrogens with one attached hydrogen (secondary N) is 1. The third kappa shape index (κ3) is 2.15. The summed E-state index contributed by atoms with van der Waals surface area (Å²) in [7, 11) is 0. The van der Waals surface area contributed by atoms with Crippen molar-refractivity contribution in [2.75, 3.05) is 6.54 Å². The summed E-state index contributed by atoms with van der Waals surface area (Å²) >= 11 is 0. The van der Waals surface area contributed by atoms with E-state index in [0.717, 1.165) is 25.0 Å². The van der Waals surface area contributed by atoms with Gasteiger partial charge in [-0.3, -0.25) is 4.79 Å². The van der Waals surface area contributed by atoms with Gasteiger partial charge in [-0.1, -0.05) is 0 Å². The molecule has 1 unspecified atom stereocenters. The van der Waals surface area contributed by atoms with Crippen LogP contribution in [0.4, 0.5) is 0 Å². The number of carbonyl (C=O) groups is 1. The molecule has 0 amide bonds. The van der Waals surface area contributed by atoms with Crippen LogP contribution in [0.5, 0.6) is 0 Å². The maximum atomic E-state index is 10.9. The Bertz CT molecular complexity index is 277.